The molecule has 1 unspecified atom stereocenters. The molecule has 5 rings (SSSR count). The maximum absolute atomic E-state index is 14.1. The van der Waals surface area contributed by atoms with Crippen molar-refractivity contribution in [1.29, 1.82) is 0 Å². The molecule has 2 aromatic carbocycles. The third kappa shape index (κ3) is 5.89. The number of fused-ring (bicyclic) bond motifs is 1. The number of nitrogens with zero attached hydrogens (tertiary/aromatic N) is 5. The summed E-state index contributed by atoms with van der Waals surface area (Å²) in [5.41, 5.74) is 2.30. The average molecular weight is 534 g/mol. The van der Waals surface area contributed by atoms with Crippen LogP contribution in [0, 0.1) is 11.6 Å². The van der Waals surface area contributed by atoms with Crippen molar-refractivity contribution in [2.75, 3.05) is 0 Å². The number of halogens is 2. The zero-order valence-corrected chi connectivity index (χ0v) is 21.4. The summed E-state index contributed by atoms with van der Waals surface area (Å²) in [5.74, 6) is -1.55. The zero-order valence-electron chi connectivity index (χ0n) is 21.4. The number of alkyl carbamates (subject to hydrolysis) is 1. The number of carbonyl (C=O) groups excluding carboxylic acids is 2. The van der Waals surface area contributed by atoms with Gasteiger partial charge in [-0.05, 0) is 62.1 Å². The standard InChI is InChI=1S/C27H25F2N7O3/c1-27(2,3)39-26(38)34-22(8-15-6-18(28)10-19(29)7-15)23-21(12-32-25(35-23)36-14-30-13-33-36)16-4-5-17-11-31-24(37)20(17)9-16/h4-7,9-10,12-14,22H,8,11H2,1-3H3,(H,31,37)(H,34,38). The van der Waals surface area contributed by atoms with Gasteiger partial charge >= 0.3 is 6.09 Å². The van der Waals surface area contributed by atoms with Crippen LogP contribution in [0.25, 0.3) is 17.1 Å². The molecule has 1 atom stereocenters. The Labute approximate surface area is 222 Å². The Bertz CT molecular complexity index is 1530. The second kappa shape index (κ2) is 10.2. The summed E-state index contributed by atoms with van der Waals surface area (Å²) in [6.07, 6.45) is 3.51. The van der Waals surface area contributed by atoms with Crippen molar-refractivity contribution in [3.8, 4) is 17.1 Å². The van der Waals surface area contributed by atoms with Gasteiger partial charge in [-0.2, -0.15) is 9.78 Å². The fourth-order valence-corrected chi connectivity index (χ4v) is 4.31. The van der Waals surface area contributed by atoms with E-state index in [1.165, 1.54) is 29.5 Å². The smallest absolute Gasteiger partial charge is 0.408 e. The fourth-order valence-electron chi connectivity index (χ4n) is 4.31. The molecule has 2 N–H and O–H groups in total. The summed E-state index contributed by atoms with van der Waals surface area (Å²) in [6.45, 7) is 5.59. The van der Waals surface area contributed by atoms with Gasteiger partial charge in [0.25, 0.3) is 11.9 Å². The van der Waals surface area contributed by atoms with Crippen LogP contribution >= 0.6 is 0 Å². The largest absolute Gasteiger partial charge is 0.444 e. The molecule has 0 aliphatic carbocycles. The van der Waals surface area contributed by atoms with Crippen molar-refractivity contribution in [3.05, 3.63) is 89.3 Å². The van der Waals surface area contributed by atoms with Crippen LogP contribution in [0.3, 0.4) is 0 Å². The Hall–Kier alpha value is -4.74. The molecular formula is C27H25F2N7O3. The first-order chi connectivity index (χ1) is 18.6. The van der Waals surface area contributed by atoms with Gasteiger partial charge in [0.05, 0.1) is 11.7 Å². The van der Waals surface area contributed by atoms with Crippen LogP contribution in [0.5, 0.6) is 0 Å². The van der Waals surface area contributed by atoms with Crippen molar-refractivity contribution in [1.82, 2.24) is 35.4 Å². The highest BCUT2D eigenvalue weighted by Gasteiger charge is 2.27. The first-order valence-corrected chi connectivity index (χ1v) is 12.1. The molecule has 12 heteroatoms. The molecule has 0 saturated carbocycles. The molecule has 0 radical (unpaired) electrons. The number of amides is 2. The first kappa shape index (κ1) is 25.9. The van der Waals surface area contributed by atoms with Gasteiger partial charge in [0.1, 0.15) is 29.9 Å². The Morgan fingerprint density at radius 3 is 2.62 bits per heavy atom. The maximum atomic E-state index is 14.1. The van der Waals surface area contributed by atoms with Crippen LogP contribution in [-0.4, -0.2) is 42.3 Å². The third-order valence-electron chi connectivity index (χ3n) is 5.92. The van der Waals surface area contributed by atoms with E-state index in [0.29, 0.717) is 28.9 Å². The molecule has 1 aliphatic heterocycles. The minimum absolute atomic E-state index is 0.0276. The number of ether oxygens (including phenoxy) is 1. The number of hydrogen-bond donors (Lipinski definition) is 2. The molecule has 2 amide bonds. The van der Waals surface area contributed by atoms with E-state index in [4.69, 9.17) is 4.74 Å². The van der Waals surface area contributed by atoms with E-state index in [0.717, 1.165) is 11.6 Å². The van der Waals surface area contributed by atoms with Gasteiger partial charge in [-0.25, -0.2) is 28.5 Å². The van der Waals surface area contributed by atoms with E-state index >= 15 is 0 Å². The molecule has 0 spiro atoms. The Morgan fingerprint density at radius 1 is 1.15 bits per heavy atom. The van der Waals surface area contributed by atoms with E-state index < -0.39 is 29.4 Å². The number of rotatable bonds is 6. The summed E-state index contributed by atoms with van der Waals surface area (Å²) >= 11 is 0. The summed E-state index contributed by atoms with van der Waals surface area (Å²) < 4.78 is 35.0. The van der Waals surface area contributed by atoms with Crippen molar-refractivity contribution >= 4 is 12.0 Å². The number of aromatic nitrogens is 5. The number of nitrogens with one attached hydrogen (secondary N) is 2. The summed E-state index contributed by atoms with van der Waals surface area (Å²) in [4.78, 5) is 38.3. The Kier molecular flexibility index (Phi) is 6.77. The molecule has 10 nitrogen and oxygen atoms in total. The van der Waals surface area contributed by atoms with Crippen LogP contribution in [0.4, 0.5) is 13.6 Å². The predicted molar refractivity (Wildman–Crippen MR) is 136 cm³/mol. The van der Waals surface area contributed by atoms with Crippen LogP contribution in [0.1, 0.15) is 54.0 Å². The average Bonchev–Trinajstić information content (AvgIpc) is 3.52. The molecule has 39 heavy (non-hydrogen) atoms. The van der Waals surface area contributed by atoms with Gasteiger partial charge in [0, 0.05) is 29.9 Å². The fraction of sp³-hybridized carbons (Fsp3) is 0.259. The highest BCUT2D eigenvalue weighted by molar-refractivity contribution is 5.99. The molecule has 0 bridgehead atoms. The lowest BCUT2D eigenvalue weighted by atomic mass is 9.94. The summed E-state index contributed by atoms with van der Waals surface area (Å²) in [7, 11) is 0. The van der Waals surface area contributed by atoms with Crippen molar-refractivity contribution in [3.63, 3.8) is 0 Å². The number of benzene rings is 2. The van der Waals surface area contributed by atoms with Gasteiger partial charge in [-0.15, -0.1) is 0 Å². The van der Waals surface area contributed by atoms with Crippen molar-refractivity contribution < 1.29 is 23.1 Å². The summed E-state index contributed by atoms with van der Waals surface area (Å²) in [5, 5.41) is 9.67. The molecule has 0 saturated heterocycles. The maximum Gasteiger partial charge on any atom is 0.408 e. The molecule has 3 heterocycles. The quantitative estimate of drug-likeness (QED) is 0.383. The van der Waals surface area contributed by atoms with Crippen molar-refractivity contribution in [2.24, 2.45) is 0 Å². The lowest BCUT2D eigenvalue weighted by molar-refractivity contribution is 0.0502. The monoisotopic (exact) mass is 533 g/mol. The van der Waals surface area contributed by atoms with Crippen LogP contribution < -0.4 is 10.6 Å². The van der Waals surface area contributed by atoms with E-state index in [2.05, 4.69) is 30.7 Å². The number of carbonyl (C=O) groups is 2. The van der Waals surface area contributed by atoms with E-state index in [-0.39, 0.29) is 23.8 Å². The van der Waals surface area contributed by atoms with Gasteiger partial charge in [-0.1, -0.05) is 12.1 Å². The highest BCUT2D eigenvalue weighted by atomic mass is 19.1. The van der Waals surface area contributed by atoms with Crippen molar-refractivity contribution in [2.45, 2.75) is 45.4 Å². The summed E-state index contributed by atoms with van der Waals surface area (Å²) in [6, 6.07) is 7.61. The molecule has 200 valence electrons. The normalized spacial score (nSPS) is 13.5. The van der Waals surface area contributed by atoms with E-state index in [1.54, 1.807) is 33.0 Å². The first-order valence-electron chi connectivity index (χ1n) is 12.1. The molecule has 2 aromatic heterocycles. The minimum atomic E-state index is -0.914. The lowest BCUT2D eigenvalue weighted by Gasteiger charge is -2.25. The predicted octanol–water partition coefficient (Wildman–Crippen LogP) is 4.05. The highest BCUT2D eigenvalue weighted by Crippen LogP contribution is 2.32. The van der Waals surface area contributed by atoms with Gasteiger partial charge in [0.15, 0.2) is 0 Å². The van der Waals surface area contributed by atoms with Crippen LogP contribution in [0.15, 0.2) is 55.2 Å². The van der Waals surface area contributed by atoms with Gasteiger partial charge < -0.3 is 15.4 Å². The molecule has 4 aromatic rings. The molecule has 1 aliphatic rings. The number of hydrogen-bond acceptors (Lipinski definition) is 7. The van der Waals surface area contributed by atoms with Crippen LogP contribution in [-0.2, 0) is 17.7 Å². The van der Waals surface area contributed by atoms with Crippen LogP contribution in [0.2, 0.25) is 0 Å². The molecular weight excluding hydrogens is 508 g/mol. The molecule has 0 fully saturated rings. The third-order valence-corrected chi connectivity index (χ3v) is 5.92. The van der Waals surface area contributed by atoms with E-state index in [1.807, 2.05) is 12.1 Å². The Balaban J connectivity index is 1.64. The van der Waals surface area contributed by atoms with Gasteiger partial charge in [-0.3, -0.25) is 4.79 Å². The van der Waals surface area contributed by atoms with Gasteiger partial charge in [0.2, 0.25) is 0 Å². The lowest BCUT2D eigenvalue weighted by Crippen LogP contribution is -2.36. The topological polar surface area (TPSA) is 124 Å². The second-order valence-corrected chi connectivity index (χ2v) is 10.0. The zero-order chi connectivity index (χ0) is 27.7. The minimum Gasteiger partial charge on any atom is -0.444 e. The second-order valence-electron chi connectivity index (χ2n) is 10.0. The van der Waals surface area contributed by atoms with E-state index in [9.17, 15) is 18.4 Å². The SMILES string of the molecule is CC(C)(C)OC(=O)NC(Cc1cc(F)cc(F)c1)c1nc(-n2cncn2)ncc1-c1ccc2c(c1)C(=O)NC2. The Morgan fingerprint density at radius 2 is 1.92 bits per heavy atom.